The van der Waals surface area contributed by atoms with Gasteiger partial charge in [-0.05, 0) is 105 Å². The third-order valence-electron chi connectivity index (χ3n) is 6.90. The zero-order valence-electron chi connectivity index (χ0n) is 23.5. The van der Waals surface area contributed by atoms with Crippen molar-refractivity contribution < 1.29 is 14.3 Å². The van der Waals surface area contributed by atoms with Crippen molar-refractivity contribution in [1.82, 2.24) is 0 Å². The van der Waals surface area contributed by atoms with Crippen molar-refractivity contribution in [2.24, 2.45) is 10.8 Å². The van der Waals surface area contributed by atoms with Crippen LogP contribution >= 0.6 is 0 Å². The molecule has 0 bridgehead atoms. The summed E-state index contributed by atoms with van der Waals surface area (Å²) in [4.78, 5) is 21.0. The van der Waals surface area contributed by atoms with Crippen molar-refractivity contribution in [2.45, 2.75) is 101 Å². The molecule has 0 aliphatic heterocycles. The maximum atomic E-state index is 10.6. The summed E-state index contributed by atoms with van der Waals surface area (Å²) in [6, 6.07) is 0. The summed E-state index contributed by atoms with van der Waals surface area (Å²) in [6.07, 6.45) is 19.5. The van der Waals surface area contributed by atoms with Crippen LogP contribution in [0.4, 0.5) is 0 Å². The zero-order valence-corrected chi connectivity index (χ0v) is 23.5. The molecular formula is C32H46O3. The second kappa shape index (κ2) is 14.0. The summed E-state index contributed by atoms with van der Waals surface area (Å²) >= 11 is 0. The fourth-order valence-corrected chi connectivity index (χ4v) is 4.78. The van der Waals surface area contributed by atoms with E-state index >= 15 is 0 Å². The Balaban J connectivity index is 0.000000355. The number of carbonyl (C=O) groups is 2. The van der Waals surface area contributed by atoms with Crippen LogP contribution in [0.3, 0.4) is 0 Å². The van der Waals surface area contributed by atoms with Gasteiger partial charge in [-0.15, -0.1) is 0 Å². The minimum Gasteiger partial charge on any atom is -0.426 e. The molecule has 0 radical (unpaired) electrons. The molecule has 2 aliphatic rings. The van der Waals surface area contributed by atoms with E-state index in [4.69, 9.17) is 4.74 Å². The third-order valence-corrected chi connectivity index (χ3v) is 6.90. The van der Waals surface area contributed by atoms with E-state index in [1.165, 1.54) is 61.2 Å². The Kier molecular flexibility index (Phi) is 12.2. The van der Waals surface area contributed by atoms with Crippen molar-refractivity contribution >= 4 is 12.3 Å². The largest absolute Gasteiger partial charge is 0.426 e. The van der Waals surface area contributed by atoms with E-state index in [1.807, 2.05) is 19.9 Å². The molecular weight excluding hydrogens is 432 g/mol. The summed E-state index contributed by atoms with van der Waals surface area (Å²) in [5.74, 6) is -0.314. The minimum atomic E-state index is -0.314. The number of rotatable bonds is 6. The highest BCUT2D eigenvalue weighted by Gasteiger charge is 2.27. The number of esters is 1. The van der Waals surface area contributed by atoms with Gasteiger partial charge in [0.2, 0.25) is 0 Å². The topological polar surface area (TPSA) is 43.4 Å². The normalized spacial score (nSPS) is 20.4. The van der Waals surface area contributed by atoms with Crippen LogP contribution in [-0.2, 0) is 14.3 Å². The van der Waals surface area contributed by atoms with E-state index in [9.17, 15) is 9.59 Å². The molecule has 0 atom stereocenters. The highest BCUT2D eigenvalue weighted by molar-refractivity contribution is 5.67. The summed E-state index contributed by atoms with van der Waals surface area (Å²) in [7, 11) is 0. The Morgan fingerprint density at radius 3 is 2.34 bits per heavy atom. The molecule has 0 saturated heterocycles. The molecule has 0 heterocycles. The van der Waals surface area contributed by atoms with E-state index in [1.54, 1.807) is 6.08 Å². The molecule has 2 aliphatic carbocycles. The average Bonchev–Trinajstić information content (AvgIpc) is 2.72. The molecule has 0 unspecified atom stereocenters. The standard InChI is InChI=1S/C17H24O2.C15H22O/c1-13(10-12-19-15(3)18)8-9-16-14(2)7-6-11-17(16,4)5;1-12(9-11-16)7-8-14-13(2)6-5-10-15(14,3)4/h7,9,12H,6,8,11H2,1-5H3;7-9,11H,5-6,10H2,1-4H3/b16-9+;8-7+,12-9?. The van der Waals surface area contributed by atoms with Gasteiger partial charge in [0.1, 0.15) is 12.5 Å². The molecule has 0 saturated carbocycles. The molecule has 2 rings (SSSR count). The quantitative estimate of drug-likeness (QED) is 0.0955. The lowest BCUT2D eigenvalue weighted by Crippen LogP contribution is -2.19. The summed E-state index contributed by atoms with van der Waals surface area (Å²) in [6.45, 7) is 18.9. The molecule has 3 heteroatoms. The number of allylic oxidation sites excluding steroid dienone is 11. The number of ether oxygens (including phenoxy) is 1. The summed E-state index contributed by atoms with van der Waals surface area (Å²) < 4.78 is 4.74. The lowest BCUT2D eigenvalue weighted by atomic mass is 9.72. The van der Waals surface area contributed by atoms with Crippen molar-refractivity contribution in [3.05, 3.63) is 75.8 Å². The van der Waals surface area contributed by atoms with Crippen LogP contribution < -0.4 is 0 Å². The lowest BCUT2D eigenvalue weighted by molar-refractivity contribution is -0.135. The predicted molar refractivity (Wildman–Crippen MR) is 148 cm³/mol. The van der Waals surface area contributed by atoms with Gasteiger partial charge in [0.25, 0.3) is 0 Å². The van der Waals surface area contributed by atoms with Gasteiger partial charge in [-0.1, -0.05) is 68.9 Å². The Bertz CT molecular complexity index is 984. The Morgan fingerprint density at radius 2 is 1.77 bits per heavy atom. The fourth-order valence-electron chi connectivity index (χ4n) is 4.78. The van der Waals surface area contributed by atoms with E-state index in [2.05, 4.69) is 65.5 Å². The number of hydrogen-bond donors (Lipinski definition) is 0. The monoisotopic (exact) mass is 478 g/mol. The molecule has 0 amide bonds. The van der Waals surface area contributed by atoms with Gasteiger partial charge >= 0.3 is 5.97 Å². The van der Waals surface area contributed by atoms with Crippen LogP contribution in [0.15, 0.2) is 75.8 Å². The van der Waals surface area contributed by atoms with Gasteiger partial charge in [0, 0.05) is 6.92 Å². The van der Waals surface area contributed by atoms with Gasteiger partial charge in [-0.3, -0.25) is 9.59 Å². The SMILES string of the molecule is CC(=CC=O)/C=C/C1=C(C)CCCC1(C)C.CC(=O)OC=C=C(C)C/C=C1\C(C)=CCCC1(C)C. The first-order chi connectivity index (χ1) is 16.3. The molecule has 0 N–H and O–H groups in total. The van der Waals surface area contributed by atoms with Crippen LogP contribution in [-0.4, -0.2) is 12.3 Å². The second-order valence-electron chi connectivity index (χ2n) is 11.1. The van der Waals surface area contributed by atoms with E-state index in [-0.39, 0.29) is 16.8 Å². The van der Waals surface area contributed by atoms with Gasteiger partial charge in [-0.2, -0.15) is 0 Å². The van der Waals surface area contributed by atoms with E-state index in [0.717, 1.165) is 30.3 Å². The molecule has 0 aromatic rings. The van der Waals surface area contributed by atoms with Crippen LogP contribution in [0.1, 0.15) is 101 Å². The van der Waals surface area contributed by atoms with Crippen LogP contribution in [0.2, 0.25) is 0 Å². The first-order valence-electron chi connectivity index (χ1n) is 12.8. The first kappa shape index (κ1) is 30.4. The van der Waals surface area contributed by atoms with Gasteiger partial charge in [0.15, 0.2) is 0 Å². The van der Waals surface area contributed by atoms with Crippen LogP contribution in [0, 0.1) is 10.8 Å². The van der Waals surface area contributed by atoms with Crippen LogP contribution in [0.25, 0.3) is 0 Å². The van der Waals surface area contributed by atoms with Crippen LogP contribution in [0.5, 0.6) is 0 Å². The van der Waals surface area contributed by atoms with Crippen molar-refractivity contribution in [1.29, 1.82) is 0 Å². The summed E-state index contributed by atoms with van der Waals surface area (Å²) in [5, 5.41) is 0. The third kappa shape index (κ3) is 10.7. The molecule has 0 aromatic heterocycles. The molecule has 192 valence electrons. The van der Waals surface area contributed by atoms with Crippen molar-refractivity contribution in [3.8, 4) is 0 Å². The molecule has 0 spiro atoms. The predicted octanol–water partition coefficient (Wildman–Crippen LogP) is 8.91. The Morgan fingerprint density at radius 1 is 1.09 bits per heavy atom. The molecule has 0 aromatic carbocycles. The number of aldehydes is 1. The highest BCUT2D eigenvalue weighted by atomic mass is 16.5. The maximum absolute atomic E-state index is 10.6. The molecule has 0 fully saturated rings. The van der Waals surface area contributed by atoms with Gasteiger partial charge < -0.3 is 4.74 Å². The highest BCUT2D eigenvalue weighted by Crippen LogP contribution is 2.41. The molecule has 35 heavy (non-hydrogen) atoms. The smallest absolute Gasteiger partial charge is 0.308 e. The van der Waals surface area contributed by atoms with Crippen molar-refractivity contribution in [2.75, 3.05) is 0 Å². The van der Waals surface area contributed by atoms with E-state index in [0.29, 0.717) is 0 Å². The van der Waals surface area contributed by atoms with E-state index < -0.39 is 0 Å². The number of carbonyl (C=O) groups excluding carboxylic acids is 2. The van der Waals surface area contributed by atoms with Crippen molar-refractivity contribution in [3.63, 3.8) is 0 Å². The number of hydrogen-bond acceptors (Lipinski definition) is 3. The van der Waals surface area contributed by atoms with Gasteiger partial charge in [0.05, 0.1) is 0 Å². The summed E-state index contributed by atoms with van der Waals surface area (Å²) in [5.41, 5.74) is 11.3. The fraction of sp³-hybridized carbons (Fsp3) is 0.531. The maximum Gasteiger partial charge on any atom is 0.308 e. The Labute approximate surface area is 214 Å². The molecule has 3 nitrogen and oxygen atoms in total. The minimum absolute atomic E-state index is 0.249. The first-order valence-corrected chi connectivity index (χ1v) is 12.8. The van der Waals surface area contributed by atoms with Gasteiger partial charge in [-0.25, -0.2) is 0 Å². The zero-order chi connectivity index (χ0) is 26.6. The average molecular weight is 479 g/mol. The second-order valence-corrected chi connectivity index (χ2v) is 11.1. The Hall–Kier alpha value is -2.64. The lowest BCUT2D eigenvalue weighted by Gasteiger charge is -2.32.